The molecule has 1 aliphatic carbocycles. The molecule has 1 aromatic heterocycles. The number of carbonyl (C=O) groups is 2. The van der Waals surface area contributed by atoms with Crippen LogP contribution in [0.25, 0.3) is 10.9 Å². The van der Waals surface area contributed by atoms with Crippen molar-refractivity contribution >= 4 is 22.7 Å². The number of methoxy groups -OCH3 is 1. The first-order valence-corrected chi connectivity index (χ1v) is 12.8. The molecule has 35 heavy (non-hydrogen) atoms. The first kappa shape index (κ1) is 26.3. The van der Waals surface area contributed by atoms with Crippen LogP contribution < -0.4 is 4.74 Å². The van der Waals surface area contributed by atoms with Gasteiger partial charge in [-0.25, -0.2) is 0 Å². The molecule has 0 radical (unpaired) electrons. The molecule has 3 aromatic rings. The van der Waals surface area contributed by atoms with E-state index in [9.17, 15) is 9.59 Å². The van der Waals surface area contributed by atoms with Gasteiger partial charge >= 0.3 is 0 Å². The summed E-state index contributed by atoms with van der Waals surface area (Å²) in [6.45, 7) is 8.34. The van der Waals surface area contributed by atoms with Gasteiger partial charge in [-0.3, -0.25) is 9.59 Å². The van der Waals surface area contributed by atoms with Gasteiger partial charge in [0.05, 0.1) is 7.11 Å². The molecule has 2 aromatic carbocycles. The second-order valence-electron chi connectivity index (χ2n) is 9.01. The van der Waals surface area contributed by atoms with Gasteiger partial charge in [-0.15, -0.1) is 0 Å². The molecule has 2 heterocycles. The van der Waals surface area contributed by atoms with Crippen LogP contribution in [0.5, 0.6) is 5.75 Å². The fourth-order valence-electron chi connectivity index (χ4n) is 4.64. The van der Waals surface area contributed by atoms with Crippen LogP contribution in [0.3, 0.4) is 0 Å². The Labute approximate surface area is 209 Å². The fourth-order valence-corrected chi connectivity index (χ4v) is 4.64. The Kier molecular flexibility index (Phi) is 9.76. The number of aryl methyl sites for hydroxylation is 1. The van der Waals surface area contributed by atoms with E-state index >= 15 is 0 Å². The Morgan fingerprint density at radius 3 is 2.34 bits per heavy atom. The van der Waals surface area contributed by atoms with Crippen molar-refractivity contribution in [3.05, 3.63) is 65.9 Å². The minimum Gasteiger partial charge on any atom is -0.497 e. The van der Waals surface area contributed by atoms with E-state index in [2.05, 4.69) is 24.0 Å². The number of benzene rings is 2. The molecule has 0 atom stereocenters. The van der Waals surface area contributed by atoms with Gasteiger partial charge in [0, 0.05) is 30.5 Å². The summed E-state index contributed by atoms with van der Waals surface area (Å²) in [5.74, 6) is 1.35. The van der Waals surface area contributed by atoms with Crippen molar-refractivity contribution in [3.8, 4) is 5.75 Å². The highest BCUT2D eigenvalue weighted by atomic mass is 16.5. The zero-order chi connectivity index (χ0) is 25.2. The third kappa shape index (κ3) is 7.10. The lowest BCUT2D eigenvalue weighted by Crippen LogP contribution is -2.53. The highest BCUT2D eigenvalue weighted by Gasteiger charge is 2.30. The van der Waals surface area contributed by atoms with Gasteiger partial charge in [0.2, 0.25) is 5.91 Å². The number of fused-ring (bicyclic) bond motifs is 1. The van der Waals surface area contributed by atoms with Crippen molar-refractivity contribution < 1.29 is 14.3 Å². The van der Waals surface area contributed by atoms with Gasteiger partial charge < -0.3 is 19.5 Å². The average molecular weight is 478 g/mol. The molecule has 2 fully saturated rings. The van der Waals surface area contributed by atoms with E-state index in [4.69, 9.17) is 4.74 Å². The third-order valence-electron chi connectivity index (χ3n) is 6.56. The second-order valence-corrected chi connectivity index (χ2v) is 9.01. The van der Waals surface area contributed by atoms with Crippen LogP contribution in [-0.2, 0) is 4.79 Å². The SMILES string of the molecule is CC.COc1ccc2[nH]c(C(=O)N3CCN(CC4CCCC4)C(=O)C3)cc2c1.Cc1ccccc1. The lowest BCUT2D eigenvalue weighted by Gasteiger charge is -2.35. The van der Waals surface area contributed by atoms with E-state index in [1.807, 2.05) is 61.2 Å². The summed E-state index contributed by atoms with van der Waals surface area (Å²) in [6.07, 6.45) is 5.01. The van der Waals surface area contributed by atoms with E-state index in [1.165, 1.54) is 31.2 Å². The van der Waals surface area contributed by atoms with E-state index in [1.54, 1.807) is 12.0 Å². The lowest BCUT2D eigenvalue weighted by atomic mass is 10.1. The number of ether oxygens (including phenoxy) is 1. The maximum Gasteiger partial charge on any atom is 0.270 e. The first-order valence-electron chi connectivity index (χ1n) is 12.8. The number of nitrogens with one attached hydrogen (secondary N) is 1. The average Bonchev–Trinajstić information content (AvgIpc) is 3.56. The van der Waals surface area contributed by atoms with Crippen molar-refractivity contribution in [2.45, 2.75) is 46.5 Å². The highest BCUT2D eigenvalue weighted by Crippen LogP contribution is 2.26. The minimum absolute atomic E-state index is 0.0641. The van der Waals surface area contributed by atoms with Crippen molar-refractivity contribution in [1.29, 1.82) is 0 Å². The van der Waals surface area contributed by atoms with E-state index in [0.717, 1.165) is 23.2 Å². The summed E-state index contributed by atoms with van der Waals surface area (Å²) in [5.41, 5.74) is 2.73. The lowest BCUT2D eigenvalue weighted by molar-refractivity contribution is -0.135. The maximum atomic E-state index is 12.8. The van der Waals surface area contributed by atoms with E-state index in [-0.39, 0.29) is 18.4 Å². The van der Waals surface area contributed by atoms with Crippen molar-refractivity contribution in [3.63, 3.8) is 0 Å². The topological polar surface area (TPSA) is 65.6 Å². The van der Waals surface area contributed by atoms with Gasteiger partial charge in [0.1, 0.15) is 18.0 Å². The van der Waals surface area contributed by atoms with Gasteiger partial charge in [0.25, 0.3) is 5.91 Å². The number of H-pyrrole nitrogens is 1. The van der Waals surface area contributed by atoms with Crippen LogP contribution in [0.15, 0.2) is 54.6 Å². The highest BCUT2D eigenvalue weighted by molar-refractivity contribution is 6.00. The van der Waals surface area contributed by atoms with Crippen molar-refractivity contribution in [2.24, 2.45) is 5.92 Å². The quantitative estimate of drug-likeness (QED) is 0.526. The van der Waals surface area contributed by atoms with Gasteiger partial charge in [-0.2, -0.15) is 0 Å². The molecule has 1 saturated carbocycles. The summed E-state index contributed by atoms with van der Waals surface area (Å²) < 4.78 is 5.23. The number of hydrogen-bond acceptors (Lipinski definition) is 3. The third-order valence-corrected chi connectivity index (χ3v) is 6.56. The molecule has 6 nitrogen and oxygen atoms in total. The maximum absolute atomic E-state index is 12.8. The number of piperazine rings is 1. The van der Waals surface area contributed by atoms with Gasteiger partial charge in [0.15, 0.2) is 0 Å². The van der Waals surface area contributed by atoms with Crippen molar-refractivity contribution in [1.82, 2.24) is 14.8 Å². The summed E-state index contributed by atoms with van der Waals surface area (Å²) in [4.78, 5) is 32.0. The number of rotatable bonds is 4. The molecule has 1 N–H and O–H groups in total. The Hall–Kier alpha value is -3.28. The van der Waals surface area contributed by atoms with Crippen LogP contribution in [0.1, 0.15) is 55.6 Å². The van der Waals surface area contributed by atoms with Crippen LogP contribution in [0.4, 0.5) is 0 Å². The predicted molar refractivity (Wildman–Crippen MR) is 142 cm³/mol. The summed E-state index contributed by atoms with van der Waals surface area (Å²) in [6, 6.07) is 17.7. The minimum atomic E-state index is -0.117. The van der Waals surface area contributed by atoms with E-state index < -0.39 is 0 Å². The Balaban J connectivity index is 0.000000324. The number of nitrogens with zero attached hydrogens (tertiary/aromatic N) is 2. The van der Waals surface area contributed by atoms with Crippen LogP contribution in [0.2, 0.25) is 0 Å². The fraction of sp³-hybridized carbons (Fsp3) is 0.448. The molecular weight excluding hydrogens is 438 g/mol. The monoisotopic (exact) mass is 477 g/mol. The summed E-state index contributed by atoms with van der Waals surface area (Å²) in [5, 5.41) is 0.930. The smallest absolute Gasteiger partial charge is 0.270 e. The van der Waals surface area contributed by atoms with Crippen molar-refractivity contribution in [2.75, 3.05) is 33.3 Å². The number of carbonyl (C=O) groups excluding carboxylic acids is 2. The molecule has 0 unspecified atom stereocenters. The molecule has 0 bridgehead atoms. The Morgan fingerprint density at radius 1 is 1.03 bits per heavy atom. The standard InChI is InChI=1S/C20H25N3O3.C7H8.C2H6/c1-26-16-6-7-17-15(10-16)11-18(21-17)20(25)23-9-8-22(19(24)13-23)12-14-4-2-3-5-14;1-7-5-3-2-4-6-7;1-2/h6-7,10-11,14,21H,2-5,8-9,12-13H2,1H3;2-6H,1H3;1-2H3. The molecule has 1 saturated heterocycles. The second kappa shape index (κ2) is 13.0. The first-order chi connectivity index (χ1) is 17.0. The molecule has 1 aliphatic heterocycles. The normalized spacial score (nSPS) is 15.8. The van der Waals surface area contributed by atoms with Crippen LogP contribution >= 0.6 is 0 Å². The Morgan fingerprint density at radius 2 is 1.74 bits per heavy atom. The molecule has 2 amide bonds. The molecule has 0 spiro atoms. The molecule has 188 valence electrons. The molecule has 6 heteroatoms. The zero-order valence-corrected chi connectivity index (χ0v) is 21.5. The number of hydrogen-bond donors (Lipinski definition) is 1. The van der Waals surface area contributed by atoms with Gasteiger partial charge in [-0.05, 0) is 49.9 Å². The molecule has 2 aliphatic rings. The van der Waals surface area contributed by atoms with Gasteiger partial charge in [-0.1, -0.05) is 62.6 Å². The number of aromatic amines is 1. The number of amides is 2. The Bertz CT molecular complexity index is 1090. The predicted octanol–water partition coefficient (Wildman–Crippen LogP) is 5.67. The number of aromatic nitrogens is 1. The molecular formula is C29H39N3O3. The molecule has 5 rings (SSSR count). The summed E-state index contributed by atoms with van der Waals surface area (Å²) in [7, 11) is 1.62. The summed E-state index contributed by atoms with van der Waals surface area (Å²) >= 11 is 0. The van der Waals surface area contributed by atoms with Crippen LogP contribution in [0, 0.1) is 12.8 Å². The van der Waals surface area contributed by atoms with Crippen LogP contribution in [-0.4, -0.2) is 59.9 Å². The zero-order valence-electron chi connectivity index (χ0n) is 21.5. The largest absolute Gasteiger partial charge is 0.497 e. The van der Waals surface area contributed by atoms with E-state index in [0.29, 0.717) is 24.7 Å².